The Balaban J connectivity index is 1.82. The lowest BCUT2D eigenvalue weighted by atomic mass is 9.79. The normalized spacial score (nSPS) is 23.0. The fourth-order valence-electron chi connectivity index (χ4n) is 4.26. The van der Waals surface area contributed by atoms with Crippen LogP contribution in [0.15, 0.2) is 4.99 Å². The molecule has 2 fully saturated rings. The molecule has 2 aliphatic heterocycles. The van der Waals surface area contributed by atoms with Gasteiger partial charge in [0.2, 0.25) is 0 Å². The monoisotopic (exact) mass is 382 g/mol. The summed E-state index contributed by atoms with van der Waals surface area (Å²) in [6, 6.07) is 0.495. The van der Waals surface area contributed by atoms with Crippen molar-refractivity contribution in [2.24, 2.45) is 16.3 Å². The molecule has 0 amide bonds. The van der Waals surface area contributed by atoms with E-state index in [9.17, 15) is 5.11 Å². The van der Waals surface area contributed by atoms with E-state index < -0.39 is 0 Å². The summed E-state index contributed by atoms with van der Waals surface area (Å²) < 4.78 is 5.51. The second kappa shape index (κ2) is 11.9. The van der Waals surface area contributed by atoms with E-state index in [0.717, 1.165) is 70.5 Å². The average molecular weight is 383 g/mol. The van der Waals surface area contributed by atoms with Crippen LogP contribution in [0.1, 0.15) is 59.3 Å². The predicted molar refractivity (Wildman–Crippen MR) is 112 cm³/mol. The summed E-state index contributed by atoms with van der Waals surface area (Å²) in [5.41, 5.74) is 0.115. The highest BCUT2D eigenvalue weighted by molar-refractivity contribution is 5.80. The van der Waals surface area contributed by atoms with Crippen LogP contribution in [0.2, 0.25) is 0 Å². The van der Waals surface area contributed by atoms with E-state index in [4.69, 9.17) is 9.73 Å². The van der Waals surface area contributed by atoms with Gasteiger partial charge in [-0.15, -0.1) is 0 Å². The van der Waals surface area contributed by atoms with Gasteiger partial charge in [-0.05, 0) is 56.8 Å². The zero-order valence-electron chi connectivity index (χ0n) is 17.8. The first-order valence-electron chi connectivity index (χ1n) is 11.1. The van der Waals surface area contributed by atoms with Crippen LogP contribution >= 0.6 is 0 Å². The van der Waals surface area contributed by atoms with Crippen LogP contribution in [0.25, 0.3) is 0 Å². The molecule has 0 aromatic carbocycles. The molecule has 158 valence electrons. The highest BCUT2D eigenvalue weighted by Gasteiger charge is 2.27. The minimum atomic E-state index is 0.115. The molecule has 1 atom stereocenters. The SMILES string of the molecule is CCNC(=NCC(CC)(CC)CCO)NC1CCN(CC2CCOC2)CC1. The number of nitrogens with one attached hydrogen (secondary N) is 2. The molecule has 2 saturated heterocycles. The second-order valence-corrected chi connectivity index (χ2v) is 8.32. The summed E-state index contributed by atoms with van der Waals surface area (Å²) in [6.07, 6.45) is 6.49. The molecule has 6 heteroatoms. The van der Waals surface area contributed by atoms with Crippen molar-refractivity contribution >= 4 is 5.96 Å². The van der Waals surface area contributed by atoms with E-state index in [-0.39, 0.29) is 12.0 Å². The van der Waals surface area contributed by atoms with Crippen LogP contribution in [0.5, 0.6) is 0 Å². The first kappa shape index (κ1) is 22.4. The maximum atomic E-state index is 9.43. The maximum Gasteiger partial charge on any atom is 0.191 e. The fourth-order valence-corrected chi connectivity index (χ4v) is 4.26. The lowest BCUT2D eigenvalue weighted by molar-refractivity contribution is 0.150. The average Bonchev–Trinajstić information content (AvgIpc) is 3.20. The van der Waals surface area contributed by atoms with E-state index in [1.807, 2.05) is 0 Å². The smallest absolute Gasteiger partial charge is 0.191 e. The molecule has 27 heavy (non-hydrogen) atoms. The number of nitrogens with zero attached hydrogens (tertiary/aromatic N) is 2. The lowest BCUT2D eigenvalue weighted by Gasteiger charge is -2.34. The Morgan fingerprint density at radius 1 is 1.19 bits per heavy atom. The number of aliphatic imine (C=N–C) groups is 1. The molecule has 6 nitrogen and oxygen atoms in total. The van der Waals surface area contributed by atoms with Crippen LogP contribution in [0.4, 0.5) is 0 Å². The minimum Gasteiger partial charge on any atom is -0.396 e. The van der Waals surface area contributed by atoms with Gasteiger partial charge < -0.3 is 25.4 Å². The number of aliphatic hydroxyl groups is 1. The van der Waals surface area contributed by atoms with Crippen molar-refractivity contribution < 1.29 is 9.84 Å². The Hall–Kier alpha value is -0.850. The van der Waals surface area contributed by atoms with E-state index in [1.54, 1.807) is 0 Å². The third kappa shape index (κ3) is 7.24. The molecule has 0 radical (unpaired) electrons. The van der Waals surface area contributed by atoms with E-state index >= 15 is 0 Å². The van der Waals surface area contributed by atoms with Crippen molar-refractivity contribution in [3.05, 3.63) is 0 Å². The van der Waals surface area contributed by atoms with Gasteiger partial charge in [0.1, 0.15) is 0 Å². The molecule has 0 aromatic rings. The Morgan fingerprint density at radius 3 is 2.48 bits per heavy atom. The maximum absolute atomic E-state index is 9.43. The highest BCUT2D eigenvalue weighted by Crippen LogP contribution is 2.30. The topological polar surface area (TPSA) is 69.1 Å². The van der Waals surface area contributed by atoms with Gasteiger partial charge in [0.15, 0.2) is 5.96 Å². The van der Waals surface area contributed by atoms with Crippen molar-refractivity contribution in [2.45, 2.75) is 65.3 Å². The van der Waals surface area contributed by atoms with E-state index in [2.05, 4.69) is 36.3 Å². The molecule has 0 saturated carbocycles. The van der Waals surface area contributed by atoms with Crippen molar-refractivity contribution in [3.63, 3.8) is 0 Å². The molecule has 2 heterocycles. The third-order valence-corrected chi connectivity index (χ3v) is 6.53. The highest BCUT2D eigenvalue weighted by atomic mass is 16.5. The number of hydrogen-bond acceptors (Lipinski definition) is 4. The number of likely N-dealkylation sites (tertiary alicyclic amines) is 1. The number of aliphatic hydroxyl groups excluding tert-OH is 1. The van der Waals surface area contributed by atoms with Crippen molar-refractivity contribution in [3.8, 4) is 0 Å². The standard InChI is InChI=1S/C21H42N4O2/c1-4-21(5-2,10-13-26)17-23-20(22-6-3)24-19-7-11-25(12-8-19)15-18-9-14-27-16-18/h18-19,26H,4-17H2,1-3H3,(H2,22,23,24). The molecular formula is C21H42N4O2. The molecule has 0 spiro atoms. The Bertz CT molecular complexity index is 426. The van der Waals surface area contributed by atoms with Crippen LogP contribution < -0.4 is 10.6 Å². The second-order valence-electron chi connectivity index (χ2n) is 8.32. The molecule has 3 N–H and O–H groups in total. The molecule has 2 rings (SSSR count). The van der Waals surface area contributed by atoms with Crippen molar-refractivity contribution in [1.29, 1.82) is 0 Å². The Labute approximate surface area is 166 Å². The largest absolute Gasteiger partial charge is 0.396 e. The number of hydrogen-bond donors (Lipinski definition) is 3. The van der Waals surface area contributed by atoms with Crippen LogP contribution in [-0.2, 0) is 4.74 Å². The molecule has 0 aliphatic carbocycles. The van der Waals surface area contributed by atoms with Gasteiger partial charge in [-0.1, -0.05) is 13.8 Å². The summed E-state index contributed by atoms with van der Waals surface area (Å²) in [4.78, 5) is 7.49. The molecule has 2 aliphatic rings. The van der Waals surface area contributed by atoms with E-state index in [1.165, 1.54) is 25.8 Å². The van der Waals surface area contributed by atoms with Crippen LogP contribution in [0.3, 0.4) is 0 Å². The van der Waals surface area contributed by atoms with Gasteiger partial charge in [0.05, 0.1) is 6.61 Å². The Kier molecular flexibility index (Phi) is 9.87. The molecule has 1 unspecified atom stereocenters. The molecule has 0 bridgehead atoms. The summed E-state index contributed by atoms with van der Waals surface area (Å²) >= 11 is 0. The molecule has 0 aromatic heterocycles. The third-order valence-electron chi connectivity index (χ3n) is 6.53. The van der Waals surface area contributed by atoms with E-state index in [0.29, 0.717) is 6.04 Å². The van der Waals surface area contributed by atoms with Gasteiger partial charge in [-0.2, -0.15) is 0 Å². The van der Waals surface area contributed by atoms with Gasteiger partial charge >= 0.3 is 0 Å². The zero-order chi connectivity index (χ0) is 19.5. The lowest BCUT2D eigenvalue weighted by Crippen LogP contribution is -2.49. The first-order valence-corrected chi connectivity index (χ1v) is 11.1. The number of rotatable bonds is 10. The Morgan fingerprint density at radius 2 is 1.93 bits per heavy atom. The minimum absolute atomic E-state index is 0.115. The van der Waals surface area contributed by atoms with Crippen LogP contribution in [-0.4, -0.2) is 74.6 Å². The fraction of sp³-hybridized carbons (Fsp3) is 0.952. The predicted octanol–water partition coefficient (Wildman–Crippen LogP) is 2.23. The number of ether oxygens (including phenoxy) is 1. The van der Waals surface area contributed by atoms with Gasteiger partial charge in [0.25, 0.3) is 0 Å². The summed E-state index contributed by atoms with van der Waals surface area (Å²) in [5.74, 6) is 1.67. The van der Waals surface area contributed by atoms with Gasteiger partial charge in [-0.3, -0.25) is 4.99 Å². The molecular weight excluding hydrogens is 340 g/mol. The first-order chi connectivity index (χ1) is 13.1. The summed E-state index contributed by atoms with van der Waals surface area (Å²) in [7, 11) is 0. The summed E-state index contributed by atoms with van der Waals surface area (Å²) in [5, 5.41) is 16.5. The quantitative estimate of drug-likeness (QED) is 0.399. The van der Waals surface area contributed by atoms with Gasteiger partial charge in [-0.25, -0.2) is 0 Å². The van der Waals surface area contributed by atoms with Crippen molar-refractivity contribution in [1.82, 2.24) is 15.5 Å². The number of piperidine rings is 1. The van der Waals surface area contributed by atoms with Crippen molar-refractivity contribution in [2.75, 3.05) is 52.5 Å². The number of guanidine groups is 1. The summed E-state index contributed by atoms with van der Waals surface area (Å²) in [6.45, 7) is 13.8. The van der Waals surface area contributed by atoms with Gasteiger partial charge in [0, 0.05) is 52.0 Å². The van der Waals surface area contributed by atoms with Crippen LogP contribution in [0, 0.1) is 11.3 Å². The zero-order valence-corrected chi connectivity index (χ0v) is 17.8.